The van der Waals surface area contributed by atoms with E-state index in [4.69, 9.17) is 5.11 Å². The van der Waals surface area contributed by atoms with E-state index < -0.39 is 5.97 Å². The zero-order chi connectivity index (χ0) is 12.8. The van der Waals surface area contributed by atoms with Crippen LogP contribution in [0.25, 0.3) is 0 Å². The van der Waals surface area contributed by atoms with Crippen molar-refractivity contribution in [3.8, 4) is 0 Å². The number of piperidine rings is 1. The highest BCUT2D eigenvalue weighted by molar-refractivity contribution is 5.78. The third-order valence-electron chi connectivity index (χ3n) is 3.09. The SMILES string of the molecule is CC(C)NCC(=O)N1CCC(CC(=O)O)CC1. The lowest BCUT2D eigenvalue weighted by atomic mass is 9.93. The molecule has 98 valence electrons. The number of hydrogen-bond donors (Lipinski definition) is 2. The van der Waals surface area contributed by atoms with Gasteiger partial charge in [-0.05, 0) is 18.8 Å². The van der Waals surface area contributed by atoms with Crippen LogP contribution in [-0.2, 0) is 9.59 Å². The fraction of sp³-hybridized carbons (Fsp3) is 0.833. The summed E-state index contributed by atoms with van der Waals surface area (Å²) < 4.78 is 0. The third-order valence-corrected chi connectivity index (χ3v) is 3.09. The Labute approximate surface area is 102 Å². The molecule has 1 aliphatic rings. The summed E-state index contributed by atoms with van der Waals surface area (Å²) in [6.07, 6.45) is 1.84. The molecule has 5 heteroatoms. The summed E-state index contributed by atoms with van der Waals surface area (Å²) in [6, 6.07) is 0.309. The Morgan fingerprint density at radius 2 is 1.94 bits per heavy atom. The molecule has 0 radical (unpaired) electrons. The Kier molecular flexibility index (Phi) is 5.41. The van der Waals surface area contributed by atoms with Gasteiger partial charge in [-0.15, -0.1) is 0 Å². The quantitative estimate of drug-likeness (QED) is 0.744. The number of rotatable bonds is 5. The minimum Gasteiger partial charge on any atom is -0.481 e. The van der Waals surface area contributed by atoms with Crippen molar-refractivity contribution in [1.82, 2.24) is 10.2 Å². The first-order valence-electron chi connectivity index (χ1n) is 6.22. The normalized spacial score (nSPS) is 17.5. The highest BCUT2D eigenvalue weighted by Crippen LogP contribution is 2.20. The molecule has 5 nitrogen and oxygen atoms in total. The van der Waals surface area contributed by atoms with Crippen molar-refractivity contribution in [3.05, 3.63) is 0 Å². The lowest BCUT2D eigenvalue weighted by molar-refractivity contribution is -0.138. The van der Waals surface area contributed by atoms with E-state index >= 15 is 0 Å². The Hall–Kier alpha value is -1.10. The first kappa shape index (κ1) is 14.0. The molecule has 1 amide bonds. The van der Waals surface area contributed by atoms with Gasteiger partial charge in [0.1, 0.15) is 0 Å². The van der Waals surface area contributed by atoms with E-state index in [2.05, 4.69) is 5.32 Å². The van der Waals surface area contributed by atoms with E-state index in [1.807, 2.05) is 18.7 Å². The first-order valence-corrected chi connectivity index (χ1v) is 6.22. The summed E-state index contributed by atoms with van der Waals surface area (Å²) in [5.41, 5.74) is 0. The topological polar surface area (TPSA) is 69.6 Å². The Balaban J connectivity index is 2.26. The van der Waals surface area contributed by atoms with Crippen molar-refractivity contribution in [3.63, 3.8) is 0 Å². The number of carbonyl (C=O) groups is 2. The number of carboxylic acid groups (broad SMARTS) is 1. The molecule has 17 heavy (non-hydrogen) atoms. The highest BCUT2D eigenvalue weighted by atomic mass is 16.4. The Morgan fingerprint density at radius 1 is 1.35 bits per heavy atom. The molecule has 0 atom stereocenters. The average molecular weight is 242 g/mol. The molecule has 0 aromatic heterocycles. The van der Waals surface area contributed by atoms with Crippen molar-refractivity contribution >= 4 is 11.9 Å². The van der Waals surface area contributed by atoms with Crippen LogP contribution in [-0.4, -0.2) is 47.6 Å². The van der Waals surface area contributed by atoms with E-state index in [0.717, 1.165) is 12.8 Å². The van der Waals surface area contributed by atoms with Gasteiger partial charge in [0.2, 0.25) is 5.91 Å². The van der Waals surface area contributed by atoms with Gasteiger partial charge in [-0.25, -0.2) is 0 Å². The van der Waals surface area contributed by atoms with Gasteiger partial charge in [0.15, 0.2) is 0 Å². The van der Waals surface area contributed by atoms with Crippen molar-refractivity contribution in [2.24, 2.45) is 5.92 Å². The predicted octanol–water partition coefficient (Wildman–Crippen LogP) is 0.698. The number of carboxylic acids is 1. The molecule has 0 aliphatic carbocycles. The van der Waals surface area contributed by atoms with Gasteiger partial charge >= 0.3 is 5.97 Å². The smallest absolute Gasteiger partial charge is 0.303 e. The van der Waals surface area contributed by atoms with Gasteiger partial charge in [0.05, 0.1) is 6.54 Å². The summed E-state index contributed by atoms with van der Waals surface area (Å²) in [5, 5.41) is 11.8. The minimum atomic E-state index is -0.740. The van der Waals surface area contributed by atoms with Crippen molar-refractivity contribution in [2.45, 2.75) is 39.2 Å². The second-order valence-corrected chi connectivity index (χ2v) is 4.96. The molecule has 0 aromatic rings. The maximum Gasteiger partial charge on any atom is 0.303 e. The minimum absolute atomic E-state index is 0.118. The van der Waals surface area contributed by atoms with Crippen LogP contribution < -0.4 is 5.32 Å². The molecular weight excluding hydrogens is 220 g/mol. The second kappa shape index (κ2) is 6.59. The summed E-state index contributed by atoms with van der Waals surface area (Å²) in [7, 11) is 0. The zero-order valence-electron chi connectivity index (χ0n) is 10.6. The molecule has 1 rings (SSSR count). The molecule has 2 N–H and O–H groups in total. The number of likely N-dealkylation sites (tertiary alicyclic amines) is 1. The van der Waals surface area contributed by atoms with Gasteiger partial charge in [0, 0.05) is 25.6 Å². The number of nitrogens with one attached hydrogen (secondary N) is 1. The van der Waals surface area contributed by atoms with Gasteiger partial charge in [-0.1, -0.05) is 13.8 Å². The number of aliphatic carboxylic acids is 1. The van der Waals surface area contributed by atoms with Crippen LogP contribution in [0.3, 0.4) is 0 Å². The molecule has 0 saturated carbocycles. The lowest BCUT2D eigenvalue weighted by Crippen LogP contribution is -2.44. The maximum atomic E-state index is 11.8. The molecular formula is C12H22N2O3. The molecule has 0 spiro atoms. The summed E-state index contributed by atoms with van der Waals surface area (Å²) >= 11 is 0. The largest absolute Gasteiger partial charge is 0.481 e. The van der Waals surface area contributed by atoms with E-state index in [1.54, 1.807) is 0 Å². The van der Waals surface area contributed by atoms with Crippen LogP contribution >= 0.6 is 0 Å². The van der Waals surface area contributed by atoms with E-state index in [0.29, 0.717) is 25.7 Å². The fourth-order valence-electron chi connectivity index (χ4n) is 2.04. The maximum absolute atomic E-state index is 11.8. The molecule has 0 unspecified atom stereocenters. The second-order valence-electron chi connectivity index (χ2n) is 4.96. The fourth-order valence-corrected chi connectivity index (χ4v) is 2.04. The van der Waals surface area contributed by atoms with E-state index in [1.165, 1.54) is 0 Å². The zero-order valence-corrected chi connectivity index (χ0v) is 10.6. The van der Waals surface area contributed by atoms with Gasteiger partial charge < -0.3 is 15.3 Å². The van der Waals surface area contributed by atoms with Crippen LogP contribution in [0, 0.1) is 5.92 Å². The van der Waals surface area contributed by atoms with Crippen LogP contribution in [0.5, 0.6) is 0 Å². The van der Waals surface area contributed by atoms with Gasteiger partial charge in [-0.2, -0.15) is 0 Å². The van der Waals surface area contributed by atoms with Gasteiger partial charge in [-0.3, -0.25) is 9.59 Å². The predicted molar refractivity (Wildman–Crippen MR) is 64.7 cm³/mol. The average Bonchev–Trinajstić information content (AvgIpc) is 2.26. The standard InChI is InChI=1S/C12H22N2O3/c1-9(2)13-8-11(15)14-5-3-10(4-6-14)7-12(16)17/h9-10,13H,3-8H2,1-2H3,(H,16,17). The first-order chi connectivity index (χ1) is 7.99. The third kappa shape index (κ3) is 5.17. The molecule has 1 heterocycles. The Bertz CT molecular complexity index is 271. The van der Waals surface area contributed by atoms with E-state index in [-0.39, 0.29) is 18.2 Å². The van der Waals surface area contributed by atoms with Crippen LogP contribution in [0.15, 0.2) is 0 Å². The monoisotopic (exact) mass is 242 g/mol. The molecule has 1 aliphatic heterocycles. The molecule has 1 fully saturated rings. The van der Waals surface area contributed by atoms with Crippen molar-refractivity contribution in [1.29, 1.82) is 0 Å². The molecule has 0 bridgehead atoms. The summed E-state index contributed by atoms with van der Waals surface area (Å²) in [6.45, 7) is 5.77. The number of hydrogen-bond acceptors (Lipinski definition) is 3. The van der Waals surface area contributed by atoms with Crippen LogP contribution in [0.2, 0.25) is 0 Å². The molecule has 0 aromatic carbocycles. The number of amides is 1. The summed E-state index contributed by atoms with van der Waals surface area (Å²) in [5.74, 6) is -0.390. The van der Waals surface area contributed by atoms with Crippen LogP contribution in [0.1, 0.15) is 33.1 Å². The Morgan fingerprint density at radius 3 is 2.41 bits per heavy atom. The van der Waals surface area contributed by atoms with Crippen LogP contribution in [0.4, 0.5) is 0 Å². The van der Waals surface area contributed by atoms with E-state index in [9.17, 15) is 9.59 Å². The lowest BCUT2D eigenvalue weighted by Gasteiger charge is -2.31. The number of nitrogens with zero attached hydrogens (tertiary/aromatic N) is 1. The van der Waals surface area contributed by atoms with Gasteiger partial charge in [0.25, 0.3) is 0 Å². The highest BCUT2D eigenvalue weighted by Gasteiger charge is 2.23. The van der Waals surface area contributed by atoms with Crippen molar-refractivity contribution < 1.29 is 14.7 Å². The number of carbonyl (C=O) groups excluding carboxylic acids is 1. The summed E-state index contributed by atoms with van der Waals surface area (Å²) in [4.78, 5) is 24.2. The molecule has 1 saturated heterocycles. The van der Waals surface area contributed by atoms with Crippen molar-refractivity contribution in [2.75, 3.05) is 19.6 Å².